The fraction of sp³-hybridized carbons (Fsp3) is 0.167. The molecule has 1 heterocycles. The second-order valence-corrected chi connectivity index (χ2v) is 4.98. The van der Waals surface area contributed by atoms with Crippen LogP contribution in [0.4, 0.5) is 0 Å². The van der Waals surface area contributed by atoms with E-state index in [0.29, 0.717) is 6.61 Å². The molecule has 1 aromatic carbocycles. The normalized spacial score (nSPS) is 11.2. The first-order valence-electron chi connectivity index (χ1n) is 5.74. The van der Waals surface area contributed by atoms with Gasteiger partial charge in [-0.15, -0.1) is 5.10 Å². The highest BCUT2D eigenvalue weighted by atomic mass is 32.1. The number of nitrogens with zero attached hydrogens (tertiary/aromatic N) is 3. The fourth-order valence-corrected chi connectivity index (χ4v) is 1.89. The van der Waals surface area contributed by atoms with Gasteiger partial charge >= 0.3 is 0 Å². The van der Waals surface area contributed by atoms with Crippen LogP contribution in [0.1, 0.15) is 6.92 Å². The lowest BCUT2D eigenvalue weighted by atomic mass is 10.2. The monoisotopic (exact) mass is 307 g/mol. The molecule has 0 saturated heterocycles. The Hall–Kier alpha value is -2.06. The number of aromatic nitrogens is 2. The molecule has 0 aliphatic carbocycles. The smallest absolute Gasteiger partial charge is 0.184 e. The van der Waals surface area contributed by atoms with Crippen LogP contribution >= 0.6 is 23.8 Å². The lowest BCUT2D eigenvalue weighted by Crippen LogP contribution is -2.26. The Morgan fingerprint density at radius 1 is 1.45 bits per heavy atom. The van der Waals surface area contributed by atoms with Gasteiger partial charge in [-0.2, -0.15) is 5.10 Å². The summed E-state index contributed by atoms with van der Waals surface area (Å²) in [6.07, 6.45) is 0. The molecule has 8 heteroatoms. The molecule has 0 aliphatic rings. The van der Waals surface area contributed by atoms with Crippen LogP contribution in [0.5, 0.6) is 5.75 Å². The zero-order valence-corrected chi connectivity index (χ0v) is 12.4. The number of hydrogen-bond donors (Lipinski definition) is 2. The summed E-state index contributed by atoms with van der Waals surface area (Å²) in [6.45, 7) is 2.17. The van der Waals surface area contributed by atoms with E-state index in [-0.39, 0.29) is 5.11 Å². The molecule has 0 aliphatic heterocycles. The molecule has 6 nitrogen and oxygen atoms in total. The van der Waals surface area contributed by atoms with E-state index in [1.54, 1.807) is 0 Å². The molecule has 0 amide bonds. The van der Waals surface area contributed by atoms with Crippen molar-refractivity contribution in [2.24, 2.45) is 10.8 Å². The third kappa shape index (κ3) is 4.25. The molecule has 0 spiro atoms. The van der Waals surface area contributed by atoms with Crippen molar-refractivity contribution in [3.05, 3.63) is 29.6 Å². The molecule has 0 radical (unpaired) electrons. The van der Waals surface area contributed by atoms with Crippen molar-refractivity contribution in [2.45, 2.75) is 6.92 Å². The highest BCUT2D eigenvalue weighted by Crippen LogP contribution is 2.21. The molecule has 1 aromatic heterocycles. The van der Waals surface area contributed by atoms with Crippen molar-refractivity contribution < 1.29 is 4.74 Å². The molecule has 20 heavy (non-hydrogen) atoms. The Morgan fingerprint density at radius 3 is 2.80 bits per heavy atom. The second-order valence-electron chi connectivity index (χ2n) is 3.93. The topological polar surface area (TPSA) is 85.4 Å². The largest absolute Gasteiger partial charge is 0.488 e. The van der Waals surface area contributed by atoms with Gasteiger partial charge in [0.1, 0.15) is 18.1 Å². The minimum Gasteiger partial charge on any atom is -0.488 e. The first-order chi connectivity index (χ1) is 9.65. The molecule has 2 aromatic rings. The predicted octanol–water partition coefficient (Wildman–Crippen LogP) is 1.79. The molecule has 0 bridgehead atoms. The van der Waals surface area contributed by atoms with Gasteiger partial charge in [0.25, 0.3) is 0 Å². The van der Waals surface area contributed by atoms with E-state index in [1.165, 1.54) is 11.5 Å². The van der Waals surface area contributed by atoms with Crippen molar-refractivity contribution >= 4 is 34.6 Å². The van der Waals surface area contributed by atoms with Crippen molar-refractivity contribution in [1.82, 2.24) is 15.0 Å². The van der Waals surface area contributed by atoms with Crippen molar-refractivity contribution in [1.29, 1.82) is 0 Å². The minimum absolute atomic E-state index is 0.130. The summed E-state index contributed by atoms with van der Waals surface area (Å²) in [5.41, 5.74) is 10.4. The van der Waals surface area contributed by atoms with Gasteiger partial charge in [-0.3, -0.25) is 5.43 Å². The second kappa shape index (κ2) is 6.92. The summed E-state index contributed by atoms with van der Waals surface area (Å²) < 4.78 is 9.42. The standard InChI is InChI=1S/C12H13N5OS2/c1-8(14-16-12(13)19)6-18-10-4-2-9(3-5-10)11-7-20-17-15-11/h2-5,7H,6H2,1H3,(H3,13,16,19)/b14-8-. The lowest BCUT2D eigenvalue weighted by molar-refractivity contribution is 0.375. The van der Waals surface area contributed by atoms with Crippen molar-refractivity contribution in [3.8, 4) is 17.0 Å². The highest BCUT2D eigenvalue weighted by molar-refractivity contribution is 7.80. The van der Waals surface area contributed by atoms with E-state index in [9.17, 15) is 0 Å². The van der Waals surface area contributed by atoms with Crippen LogP contribution in [-0.4, -0.2) is 27.0 Å². The molecule has 2 rings (SSSR count). The zero-order chi connectivity index (χ0) is 14.4. The minimum atomic E-state index is 0.130. The van der Waals surface area contributed by atoms with Crippen LogP contribution in [0, 0.1) is 0 Å². The predicted molar refractivity (Wildman–Crippen MR) is 83.9 cm³/mol. The Bertz CT molecular complexity index is 595. The number of ether oxygens (including phenoxy) is 1. The van der Waals surface area contributed by atoms with Gasteiger partial charge in [-0.1, -0.05) is 4.49 Å². The average molecular weight is 307 g/mol. The number of nitrogens with one attached hydrogen (secondary N) is 1. The van der Waals surface area contributed by atoms with Crippen LogP contribution < -0.4 is 15.9 Å². The quantitative estimate of drug-likeness (QED) is 0.498. The first-order valence-corrected chi connectivity index (χ1v) is 6.98. The maximum atomic E-state index is 5.58. The maximum absolute atomic E-state index is 5.58. The summed E-state index contributed by atoms with van der Waals surface area (Å²) in [5, 5.41) is 9.99. The molecule has 0 saturated carbocycles. The zero-order valence-electron chi connectivity index (χ0n) is 10.7. The van der Waals surface area contributed by atoms with E-state index in [2.05, 4.69) is 32.3 Å². The maximum Gasteiger partial charge on any atom is 0.184 e. The van der Waals surface area contributed by atoms with Gasteiger partial charge in [0.15, 0.2) is 5.11 Å². The number of hydrogen-bond acceptors (Lipinski definition) is 6. The van der Waals surface area contributed by atoms with Crippen LogP contribution in [0.15, 0.2) is 34.7 Å². The van der Waals surface area contributed by atoms with Gasteiger partial charge in [-0.05, 0) is 54.9 Å². The summed E-state index contributed by atoms with van der Waals surface area (Å²) in [7, 11) is 0. The Kier molecular flexibility index (Phi) is 4.97. The van der Waals surface area contributed by atoms with E-state index in [0.717, 1.165) is 22.7 Å². The number of rotatable bonds is 5. The first kappa shape index (κ1) is 14.4. The summed E-state index contributed by atoms with van der Waals surface area (Å²) in [4.78, 5) is 0. The van der Waals surface area contributed by atoms with Gasteiger partial charge < -0.3 is 10.5 Å². The SMILES string of the molecule is C/C(COc1ccc(-c2csnn2)cc1)=N/NC(N)=S. The molecule has 0 atom stereocenters. The fourth-order valence-electron chi connectivity index (χ4n) is 1.38. The Morgan fingerprint density at radius 2 is 2.20 bits per heavy atom. The van der Waals surface area contributed by atoms with Crippen molar-refractivity contribution in [3.63, 3.8) is 0 Å². The third-order valence-corrected chi connectivity index (χ3v) is 2.91. The van der Waals surface area contributed by atoms with Gasteiger partial charge in [-0.25, -0.2) is 0 Å². The van der Waals surface area contributed by atoms with Crippen LogP contribution in [0.3, 0.4) is 0 Å². The van der Waals surface area contributed by atoms with Crippen LogP contribution in [-0.2, 0) is 0 Å². The molecule has 0 unspecified atom stereocenters. The van der Waals surface area contributed by atoms with Crippen molar-refractivity contribution in [2.75, 3.05) is 6.61 Å². The van der Waals surface area contributed by atoms with Gasteiger partial charge in [0.2, 0.25) is 0 Å². The van der Waals surface area contributed by atoms with Crippen LogP contribution in [0.2, 0.25) is 0 Å². The van der Waals surface area contributed by atoms with E-state index in [4.69, 9.17) is 10.5 Å². The number of thiocarbonyl (C=S) groups is 1. The number of benzene rings is 1. The van der Waals surface area contributed by atoms with Crippen LogP contribution in [0.25, 0.3) is 11.3 Å². The molecule has 104 valence electrons. The average Bonchev–Trinajstić information content (AvgIpc) is 2.97. The van der Waals surface area contributed by atoms with E-state index in [1.807, 2.05) is 36.6 Å². The van der Waals surface area contributed by atoms with Gasteiger partial charge in [0.05, 0.1) is 5.71 Å². The Labute approximate surface area is 125 Å². The van der Waals surface area contributed by atoms with E-state index < -0.39 is 0 Å². The molecule has 0 fully saturated rings. The number of nitrogens with two attached hydrogens (primary N) is 1. The van der Waals surface area contributed by atoms with Gasteiger partial charge in [0, 0.05) is 10.9 Å². The lowest BCUT2D eigenvalue weighted by Gasteiger charge is -2.06. The Balaban J connectivity index is 1.91. The summed E-state index contributed by atoms with van der Waals surface area (Å²) in [6, 6.07) is 7.63. The highest BCUT2D eigenvalue weighted by Gasteiger charge is 2.02. The van der Waals surface area contributed by atoms with E-state index >= 15 is 0 Å². The molecular formula is C12H13N5OS2. The number of hydrazone groups is 1. The molecular weight excluding hydrogens is 294 g/mol. The molecule has 3 N–H and O–H groups in total. The summed E-state index contributed by atoms with van der Waals surface area (Å²) >= 11 is 5.98. The summed E-state index contributed by atoms with van der Waals surface area (Å²) in [5.74, 6) is 0.752. The third-order valence-electron chi connectivity index (χ3n) is 2.31.